The van der Waals surface area contributed by atoms with E-state index in [1.165, 1.54) is 18.3 Å². The predicted molar refractivity (Wildman–Crippen MR) is 79.8 cm³/mol. The first-order valence-electron chi connectivity index (χ1n) is 6.14. The molecule has 0 amide bonds. The maximum absolute atomic E-state index is 10.5. The van der Waals surface area contributed by atoms with Crippen LogP contribution in [0.4, 0.5) is 11.5 Å². The Morgan fingerprint density at radius 3 is 2.76 bits per heavy atom. The monoisotopic (exact) mass is 286 g/mol. The van der Waals surface area contributed by atoms with Crippen LogP contribution >= 0.6 is 0 Å². The molecule has 0 aliphatic heterocycles. The molecule has 0 saturated carbocycles. The molecule has 0 unspecified atom stereocenters. The van der Waals surface area contributed by atoms with E-state index < -0.39 is 4.92 Å². The Kier molecular flexibility index (Phi) is 4.45. The minimum atomic E-state index is -0.499. The Balaban J connectivity index is 2.03. The van der Waals surface area contributed by atoms with Crippen LogP contribution in [-0.4, -0.2) is 23.2 Å². The smallest absolute Gasteiger partial charge is 0.287 e. The molecule has 0 aliphatic rings. The molecular weight excluding hydrogens is 272 g/mol. The summed E-state index contributed by atoms with van der Waals surface area (Å²) in [4.78, 5) is 13.9. The number of pyridine rings is 1. The summed E-state index contributed by atoms with van der Waals surface area (Å²) in [6, 6.07) is 8.51. The van der Waals surface area contributed by atoms with Gasteiger partial charge in [0.05, 0.1) is 18.2 Å². The average molecular weight is 286 g/mol. The van der Waals surface area contributed by atoms with E-state index in [1.807, 2.05) is 25.1 Å². The molecule has 0 fully saturated rings. The number of aryl methyl sites for hydroxylation is 1. The van der Waals surface area contributed by atoms with Crippen LogP contribution in [0.25, 0.3) is 0 Å². The normalized spacial score (nSPS) is 10.6. The van der Waals surface area contributed by atoms with Crippen LogP contribution in [0.3, 0.4) is 0 Å². The fourth-order valence-corrected chi connectivity index (χ4v) is 1.65. The molecule has 0 spiro atoms. The Bertz CT molecular complexity index is 668. The molecule has 108 valence electrons. The number of nitrogens with one attached hydrogen (secondary N) is 1. The summed E-state index contributed by atoms with van der Waals surface area (Å²) in [5, 5.41) is 14.6. The van der Waals surface area contributed by atoms with E-state index in [0.29, 0.717) is 5.82 Å². The van der Waals surface area contributed by atoms with Crippen molar-refractivity contribution in [1.82, 2.24) is 4.98 Å². The number of hydrogen-bond acceptors (Lipinski definition) is 6. The highest BCUT2D eigenvalue weighted by Crippen LogP contribution is 2.15. The van der Waals surface area contributed by atoms with Crippen LogP contribution in [0.2, 0.25) is 0 Å². The van der Waals surface area contributed by atoms with Crippen molar-refractivity contribution in [2.75, 3.05) is 12.5 Å². The molecule has 0 radical (unpaired) electrons. The fraction of sp³-hybridized carbons (Fsp3) is 0.143. The van der Waals surface area contributed by atoms with Crippen LogP contribution in [0, 0.1) is 17.0 Å². The minimum absolute atomic E-state index is 0.0597. The summed E-state index contributed by atoms with van der Waals surface area (Å²) < 4.78 is 5.13. The molecule has 2 rings (SSSR count). The number of hydrazone groups is 1. The van der Waals surface area contributed by atoms with Crippen molar-refractivity contribution >= 4 is 17.7 Å². The van der Waals surface area contributed by atoms with E-state index in [9.17, 15) is 10.1 Å². The number of nitrogens with zero attached hydrogens (tertiary/aromatic N) is 3. The molecule has 1 heterocycles. The van der Waals surface area contributed by atoms with E-state index >= 15 is 0 Å². The van der Waals surface area contributed by atoms with Crippen molar-refractivity contribution in [2.24, 2.45) is 5.10 Å². The molecule has 21 heavy (non-hydrogen) atoms. The lowest BCUT2D eigenvalue weighted by molar-refractivity contribution is -0.385. The lowest BCUT2D eigenvalue weighted by Crippen LogP contribution is -1.96. The highest BCUT2D eigenvalue weighted by molar-refractivity contribution is 5.82. The number of methoxy groups -OCH3 is 1. The van der Waals surface area contributed by atoms with Crippen molar-refractivity contribution < 1.29 is 9.66 Å². The van der Waals surface area contributed by atoms with Gasteiger partial charge in [-0.2, -0.15) is 5.10 Å². The van der Waals surface area contributed by atoms with E-state index in [-0.39, 0.29) is 5.69 Å². The summed E-state index contributed by atoms with van der Waals surface area (Å²) in [7, 11) is 1.62. The summed E-state index contributed by atoms with van der Waals surface area (Å²) in [6.45, 7) is 1.95. The standard InChI is InChI=1S/C14H14N4O3/c1-10-7-13(21-2)5-3-11(10)8-16-17-14-6-4-12(9-15-14)18(19)20/h3-9H,1-2H3,(H,15,17)/b16-8+. The van der Waals surface area contributed by atoms with Crippen molar-refractivity contribution in [2.45, 2.75) is 6.92 Å². The van der Waals surface area contributed by atoms with Gasteiger partial charge in [-0.3, -0.25) is 15.5 Å². The molecule has 1 aromatic carbocycles. The van der Waals surface area contributed by atoms with Crippen LogP contribution < -0.4 is 10.2 Å². The highest BCUT2D eigenvalue weighted by atomic mass is 16.6. The minimum Gasteiger partial charge on any atom is -0.497 e. The third kappa shape index (κ3) is 3.75. The van der Waals surface area contributed by atoms with Gasteiger partial charge in [0.25, 0.3) is 5.69 Å². The second-order valence-corrected chi connectivity index (χ2v) is 4.25. The van der Waals surface area contributed by atoms with Gasteiger partial charge in [-0.15, -0.1) is 0 Å². The number of anilines is 1. The van der Waals surface area contributed by atoms with E-state index in [0.717, 1.165) is 16.9 Å². The second kappa shape index (κ2) is 6.47. The van der Waals surface area contributed by atoms with Gasteiger partial charge in [0.1, 0.15) is 17.8 Å². The van der Waals surface area contributed by atoms with Crippen molar-refractivity contribution in [3.63, 3.8) is 0 Å². The highest BCUT2D eigenvalue weighted by Gasteiger charge is 2.04. The Morgan fingerprint density at radius 1 is 1.38 bits per heavy atom. The van der Waals surface area contributed by atoms with Gasteiger partial charge in [-0.05, 0) is 42.3 Å². The van der Waals surface area contributed by atoms with Gasteiger partial charge in [0, 0.05) is 6.07 Å². The molecule has 7 heteroatoms. The van der Waals surface area contributed by atoms with Crippen LogP contribution in [0.15, 0.2) is 41.6 Å². The average Bonchev–Trinajstić information content (AvgIpc) is 2.49. The van der Waals surface area contributed by atoms with Crippen LogP contribution in [0.5, 0.6) is 5.75 Å². The third-order valence-corrected chi connectivity index (χ3v) is 2.82. The zero-order valence-electron chi connectivity index (χ0n) is 11.6. The second-order valence-electron chi connectivity index (χ2n) is 4.25. The molecule has 0 saturated heterocycles. The Labute approximate surface area is 121 Å². The van der Waals surface area contributed by atoms with Gasteiger partial charge >= 0.3 is 0 Å². The maximum atomic E-state index is 10.5. The quantitative estimate of drug-likeness (QED) is 0.518. The summed E-state index contributed by atoms with van der Waals surface area (Å²) in [5.41, 5.74) is 4.62. The number of rotatable bonds is 5. The number of hydrogen-bond donors (Lipinski definition) is 1. The first-order valence-corrected chi connectivity index (χ1v) is 6.14. The topological polar surface area (TPSA) is 89.6 Å². The van der Waals surface area contributed by atoms with Crippen LogP contribution in [-0.2, 0) is 0 Å². The van der Waals surface area contributed by atoms with Crippen LogP contribution in [0.1, 0.15) is 11.1 Å². The van der Waals surface area contributed by atoms with Crippen molar-refractivity contribution in [3.05, 3.63) is 57.8 Å². The number of ether oxygens (including phenoxy) is 1. The van der Waals surface area contributed by atoms with Gasteiger partial charge in [0.15, 0.2) is 0 Å². The Hall–Kier alpha value is -2.96. The predicted octanol–water partition coefficient (Wildman–Crippen LogP) is 2.75. The lowest BCUT2D eigenvalue weighted by Gasteiger charge is -2.04. The molecule has 0 atom stereocenters. The zero-order chi connectivity index (χ0) is 15.2. The molecular formula is C14H14N4O3. The van der Waals surface area contributed by atoms with Gasteiger partial charge in [-0.25, -0.2) is 4.98 Å². The molecule has 1 aromatic heterocycles. The van der Waals surface area contributed by atoms with E-state index in [1.54, 1.807) is 13.3 Å². The summed E-state index contributed by atoms with van der Waals surface area (Å²) in [6.07, 6.45) is 2.83. The number of nitro groups is 1. The van der Waals surface area contributed by atoms with Gasteiger partial charge in [-0.1, -0.05) is 0 Å². The molecule has 0 bridgehead atoms. The summed E-state index contributed by atoms with van der Waals surface area (Å²) in [5.74, 6) is 1.22. The third-order valence-electron chi connectivity index (χ3n) is 2.82. The Morgan fingerprint density at radius 2 is 2.19 bits per heavy atom. The molecule has 7 nitrogen and oxygen atoms in total. The first-order chi connectivity index (χ1) is 10.1. The van der Waals surface area contributed by atoms with Gasteiger partial charge < -0.3 is 4.74 Å². The van der Waals surface area contributed by atoms with Crippen molar-refractivity contribution in [1.29, 1.82) is 0 Å². The molecule has 2 aromatic rings. The van der Waals surface area contributed by atoms with E-state index in [2.05, 4.69) is 15.5 Å². The fourth-order valence-electron chi connectivity index (χ4n) is 1.65. The SMILES string of the molecule is COc1ccc(/C=N/Nc2ccc([N+](=O)[O-])cn2)c(C)c1. The van der Waals surface area contributed by atoms with Crippen molar-refractivity contribution in [3.8, 4) is 5.75 Å². The molecule has 1 N–H and O–H groups in total. The molecule has 0 aliphatic carbocycles. The first kappa shape index (κ1) is 14.4. The zero-order valence-corrected chi connectivity index (χ0v) is 11.6. The summed E-state index contributed by atoms with van der Waals surface area (Å²) >= 11 is 0. The number of aromatic nitrogens is 1. The number of benzene rings is 1. The maximum Gasteiger partial charge on any atom is 0.287 e. The largest absolute Gasteiger partial charge is 0.497 e. The lowest BCUT2D eigenvalue weighted by atomic mass is 10.1. The van der Waals surface area contributed by atoms with Gasteiger partial charge in [0.2, 0.25) is 0 Å². The van der Waals surface area contributed by atoms with E-state index in [4.69, 9.17) is 4.74 Å².